The number of carbonyl (C=O) groups excluding carboxylic acids is 1. The minimum Gasteiger partial charge on any atom is -0.497 e. The average Bonchev–Trinajstić information content (AvgIpc) is 3.16. The SMILES string of the molecule is COc1ccc(-c2cc(N3C(=O)Nc4ccccc4N3O)n[nH]2)c(OC)c1. The van der Waals surface area contributed by atoms with Gasteiger partial charge in [0.05, 0.1) is 25.6 Å². The Morgan fingerprint density at radius 2 is 1.89 bits per heavy atom. The third kappa shape index (κ3) is 2.79. The number of fused-ring (bicyclic) bond motifs is 1. The number of benzene rings is 2. The lowest BCUT2D eigenvalue weighted by Gasteiger charge is -2.34. The van der Waals surface area contributed by atoms with Crippen LogP contribution in [0.4, 0.5) is 22.0 Å². The van der Waals surface area contributed by atoms with Gasteiger partial charge in [-0.05, 0) is 24.3 Å². The molecule has 2 aromatic carbocycles. The highest BCUT2D eigenvalue weighted by molar-refractivity contribution is 6.08. The monoisotopic (exact) mass is 367 g/mol. The number of hydrogen-bond acceptors (Lipinski definition) is 6. The number of nitrogens with zero attached hydrogens (tertiary/aromatic N) is 3. The van der Waals surface area contributed by atoms with Gasteiger partial charge in [0.15, 0.2) is 5.82 Å². The van der Waals surface area contributed by atoms with Gasteiger partial charge in [0.1, 0.15) is 17.2 Å². The van der Waals surface area contributed by atoms with Crippen LogP contribution in [0, 0.1) is 0 Å². The number of ether oxygens (including phenoxy) is 2. The van der Waals surface area contributed by atoms with Crippen molar-refractivity contribution in [2.45, 2.75) is 0 Å². The van der Waals surface area contributed by atoms with E-state index in [1.165, 1.54) is 0 Å². The molecule has 0 bridgehead atoms. The van der Waals surface area contributed by atoms with E-state index in [2.05, 4.69) is 15.5 Å². The number of para-hydroxylation sites is 2. The summed E-state index contributed by atoms with van der Waals surface area (Å²) in [7, 11) is 3.13. The van der Waals surface area contributed by atoms with Gasteiger partial charge in [0.25, 0.3) is 0 Å². The summed E-state index contributed by atoms with van der Waals surface area (Å²) in [6.45, 7) is 0. The molecule has 0 unspecified atom stereocenters. The zero-order chi connectivity index (χ0) is 19.0. The van der Waals surface area contributed by atoms with Gasteiger partial charge in [-0.2, -0.15) is 10.1 Å². The van der Waals surface area contributed by atoms with Crippen LogP contribution in [0.15, 0.2) is 48.5 Å². The zero-order valence-corrected chi connectivity index (χ0v) is 14.6. The van der Waals surface area contributed by atoms with Crippen LogP contribution in [0.3, 0.4) is 0 Å². The molecule has 0 aliphatic carbocycles. The van der Waals surface area contributed by atoms with E-state index < -0.39 is 6.03 Å². The molecule has 0 fully saturated rings. The second-order valence-corrected chi connectivity index (χ2v) is 5.75. The lowest BCUT2D eigenvalue weighted by atomic mass is 10.1. The van der Waals surface area contributed by atoms with Crippen LogP contribution < -0.4 is 25.0 Å². The lowest BCUT2D eigenvalue weighted by Crippen LogP contribution is -2.51. The number of carbonyl (C=O) groups is 1. The van der Waals surface area contributed by atoms with Crippen molar-refractivity contribution in [3.63, 3.8) is 0 Å². The van der Waals surface area contributed by atoms with E-state index in [-0.39, 0.29) is 5.82 Å². The molecule has 9 heteroatoms. The molecule has 1 aliphatic rings. The standard InChI is InChI=1S/C18H17N5O4/c1-26-11-7-8-12(16(9-11)27-2)14-10-17(21-20-14)22-18(24)19-13-5-3-4-6-15(13)23(22)25/h3-10,25H,1-2H3,(H,19,24)(H,20,21). The Balaban J connectivity index is 1.70. The summed E-state index contributed by atoms with van der Waals surface area (Å²) in [4.78, 5) is 12.4. The highest BCUT2D eigenvalue weighted by Gasteiger charge is 2.32. The van der Waals surface area contributed by atoms with Crippen LogP contribution in [0.5, 0.6) is 11.5 Å². The Bertz CT molecular complexity index is 1000. The fourth-order valence-electron chi connectivity index (χ4n) is 2.90. The molecule has 4 rings (SSSR count). The number of H-pyrrole nitrogens is 1. The summed E-state index contributed by atoms with van der Waals surface area (Å²) >= 11 is 0. The number of hydrazine groups is 1. The van der Waals surface area contributed by atoms with Gasteiger partial charge in [0, 0.05) is 17.7 Å². The number of urea groups is 1. The van der Waals surface area contributed by atoms with Crippen LogP contribution in [0.2, 0.25) is 0 Å². The molecular weight excluding hydrogens is 350 g/mol. The predicted octanol–water partition coefficient (Wildman–Crippen LogP) is 3.26. The maximum Gasteiger partial charge on any atom is 0.348 e. The Hall–Kier alpha value is -3.72. The molecular formula is C18H17N5O4. The molecule has 1 aromatic heterocycles. The fraction of sp³-hybridized carbons (Fsp3) is 0.111. The first-order chi connectivity index (χ1) is 13.1. The Kier molecular flexibility index (Phi) is 4.05. The largest absolute Gasteiger partial charge is 0.497 e. The molecule has 3 aromatic rings. The Labute approximate surface area is 154 Å². The third-order valence-electron chi connectivity index (χ3n) is 4.22. The van der Waals surface area contributed by atoms with Crippen molar-refractivity contribution in [2.24, 2.45) is 0 Å². The Morgan fingerprint density at radius 3 is 2.67 bits per heavy atom. The van der Waals surface area contributed by atoms with Crippen molar-refractivity contribution in [3.05, 3.63) is 48.5 Å². The number of aromatic nitrogens is 2. The molecule has 1 aliphatic heterocycles. The van der Waals surface area contributed by atoms with Gasteiger partial charge in [-0.15, -0.1) is 5.17 Å². The summed E-state index contributed by atoms with van der Waals surface area (Å²) in [5.41, 5.74) is 2.29. The molecule has 0 saturated heterocycles. The van der Waals surface area contributed by atoms with Crippen LogP contribution >= 0.6 is 0 Å². The van der Waals surface area contributed by atoms with Crippen molar-refractivity contribution in [1.29, 1.82) is 0 Å². The summed E-state index contributed by atoms with van der Waals surface area (Å²) in [6.07, 6.45) is 0. The van der Waals surface area contributed by atoms with Gasteiger partial charge < -0.3 is 14.8 Å². The second kappa shape index (κ2) is 6.54. The fourth-order valence-corrected chi connectivity index (χ4v) is 2.90. The van der Waals surface area contributed by atoms with Gasteiger partial charge in [-0.3, -0.25) is 10.3 Å². The highest BCUT2D eigenvalue weighted by atomic mass is 16.6. The number of hydrogen-bond donors (Lipinski definition) is 3. The van der Waals surface area contributed by atoms with Crippen LogP contribution in [0.1, 0.15) is 0 Å². The number of aromatic amines is 1. The Morgan fingerprint density at radius 1 is 1.07 bits per heavy atom. The van der Waals surface area contributed by atoms with Gasteiger partial charge in [-0.1, -0.05) is 12.1 Å². The number of nitrogens with one attached hydrogen (secondary N) is 2. The first-order valence-corrected chi connectivity index (χ1v) is 8.09. The molecule has 0 atom stereocenters. The molecule has 0 saturated carbocycles. The third-order valence-corrected chi connectivity index (χ3v) is 4.22. The molecule has 27 heavy (non-hydrogen) atoms. The predicted molar refractivity (Wildman–Crippen MR) is 99.3 cm³/mol. The quantitative estimate of drug-likeness (QED) is 0.654. The minimum atomic E-state index is -0.532. The molecule has 2 amide bonds. The number of amides is 2. The molecule has 3 N–H and O–H groups in total. The maximum atomic E-state index is 12.4. The highest BCUT2D eigenvalue weighted by Crippen LogP contribution is 2.36. The molecule has 2 heterocycles. The smallest absolute Gasteiger partial charge is 0.348 e. The molecule has 138 valence electrons. The van der Waals surface area contributed by atoms with Gasteiger partial charge >= 0.3 is 6.03 Å². The van der Waals surface area contributed by atoms with E-state index in [9.17, 15) is 10.0 Å². The van der Waals surface area contributed by atoms with Crippen molar-refractivity contribution >= 4 is 23.2 Å². The molecule has 0 spiro atoms. The first kappa shape index (κ1) is 16.7. The number of rotatable bonds is 4. The summed E-state index contributed by atoms with van der Waals surface area (Å²) < 4.78 is 10.6. The summed E-state index contributed by atoms with van der Waals surface area (Å²) in [6, 6.07) is 13.4. The number of methoxy groups -OCH3 is 2. The van der Waals surface area contributed by atoms with Crippen molar-refractivity contribution < 1.29 is 19.5 Å². The van der Waals surface area contributed by atoms with Gasteiger partial charge in [-0.25, -0.2) is 4.79 Å². The molecule has 9 nitrogen and oxygen atoms in total. The van der Waals surface area contributed by atoms with Crippen LogP contribution in [-0.2, 0) is 0 Å². The van der Waals surface area contributed by atoms with E-state index in [1.54, 1.807) is 56.7 Å². The topological polar surface area (TPSA) is 103 Å². The van der Waals surface area contributed by atoms with E-state index in [0.717, 1.165) is 15.7 Å². The zero-order valence-electron chi connectivity index (χ0n) is 14.6. The van der Waals surface area contributed by atoms with Crippen LogP contribution in [0.25, 0.3) is 11.3 Å². The van der Waals surface area contributed by atoms with Crippen LogP contribution in [-0.4, -0.2) is 35.7 Å². The summed E-state index contributed by atoms with van der Waals surface area (Å²) in [5, 5.41) is 22.0. The normalized spacial score (nSPS) is 13.2. The summed E-state index contributed by atoms with van der Waals surface area (Å²) in [5.74, 6) is 1.46. The average molecular weight is 367 g/mol. The lowest BCUT2D eigenvalue weighted by molar-refractivity contribution is 0.221. The number of anilines is 3. The maximum absolute atomic E-state index is 12.4. The van der Waals surface area contributed by atoms with Gasteiger partial charge in [0.2, 0.25) is 0 Å². The van der Waals surface area contributed by atoms with E-state index in [0.29, 0.717) is 28.6 Å². The van der Waals surface area contributed by atoms with E-state index in [4.69, 9.17) is 9.47 Å². The minimum absolute atomic E-state index is 0.220. The van der Waals surface area contributed by atoms with Crippen molar-refractivity contribution in [3.8, 4) is 22.8 Å². The van der Waals surface area contributed by atoms with Crippen molar-refractivity contribution in [2.75, 3.05) is 29.7 Å². The van der Waals surface area contributed by atoms with Crippen molar-refractivity contribution in [1.82, 2.24) is 10.2 Å². The van der Waals surface area contributed by atoms with E-state index in [1.807, 2.05) is 6.07 Å². The van der Waals surface area contributed by atoms with E-state index >= 15 is 0 Å². The first-order valence-electron chi connectivity index (χ1n) is 8.09. The second-order valence-electron chi connectivity index (χ2n) is 5.75. The molecule has 0 radical (unpaired) electrons.